The monoisotopic (exact) mass is 286 g/mol. The van der Waals surface area contributed by atoms with Crippen molar-refractivity contribution >= 4 is 11.6 Å². The van der Waals surface area contributed by atoms with E-state index < -0.39 is 0 Å². The number of hydrogen-bond donors (Lipinski definition) is 2. The van der Waals surface area contributed by atoms with Crippen LogP contribution in [-0.2, 0) is 13.2 Å². The summed E-state index contributed by atoms with van der Waals surface area (Å²) in [6, 6.07) is 7.48. The maximum absolute atomic E-state index is 12.5. The van der Waals surface area contributed by atoms with Crippen LogP contribution in [0.1, 0.15) is 39.8 Å². The molecule has 2 aromatic rings. The lowest BCUT2D eigenvalue weighted by molar-refractivity contribution is 0.102. The van der Waals surface area contributed by atoms with Gasteiger partial charge in [0.15, 0.2) is 0 Å². The molecule has 1 amide bonds. The van der Waals surface area contributed by atoms with E-state index in [1.54, 1.807) is 0 Å². The molecule has 0 unspecified atom stereocenters. The van der Waals surface area contributed by atoms with Gasteiger partial charge in [-0.1, -0.05) is 12.1 Å². The van der Waals surface area contributed by atoms with E-state index in [-0.39, 0.29) is 12.5 Å². The summed E-state index contributed by atoms with van der Waals surface area (Å²) in [4.78, 5) is 12.5. The van der Waals surface area contributed by atoms with Gasteiger partial charge in [-0.25, -0.2) is 0 Å². The third kappa shape index (κ3) is 3.00. The van der Waals surface area contributed by atoms with Crippen molar-refractivity contribution < 1.29 is 9.90 Å². The molecule has 4 nitrogen and oxygen atoms in total. The first-order valence-electron chi connectivity index (χ1n) is 7.16. The molecule has 4 heteroatoms. The van der Waals surface area contributed by atoms with Crippen molar-refractivity contribution in [2.45, 2.75) is 40.8 Å². The van der Waals surface area contributed by atoms with Gasteiger partial charge in [-0.15, -0.1) is 0 Å². The summed E-state index contributed by atoms with van der Waals surface area (Å²) >= 11 is 0. The second-order valence-electron chi connectivity index (χ2n) is 5.29. The van der Waals surface area contributed by atoms with Crippen LogP contribution in [0.15, 0.2) is 24.3 Å². The third-order valence-corrected chi connectivity index (χ3v) is 3.87. The largest absolute Gasteiger partial charge is 0.392 e. The van der Waals surface area contributed by atoms with Crippen LogP contribution >= 0.6 is 0 Å². The Kier molecular flexibility index (Phi) is 4.48. The minimum absolute atomic E-state index is 0.0342. The molecular weight excluding hydrogens is 264 g/mol. The number of hydrogen-bond acceptors (Lipinski definition) is 2. The molecule has 112 valence electrons. The molecule has 0 radical (unpaired) electrons. The molecule has 0 fully saturated rings. The van der Waals surface area contributed by atoms with Gasteiger partial charge >= 0.3 is 0 Å². The molecule has 0 aliphatic carbocycles. The first-order valence-corrected chi connectivity index (χ1v) is 7.16. The quantitative estimate of drug-likeness (QED) is 0.907. The maximum Gasteiger partial charge on any atom is 0.257 e. The number of aliphatic hydroxyl groups excluding tert-OH is 1. The number of rotatable bonds is 4. The maximum atomic E-state index is 12.5. The van der Waals surface area contributed by atoms with Crippen molar-refractivity contribution in [1.82, 2.24) is 4.57 Å². The summed E-state index contributed by atoms with van der Waals surface area (Å²) in [5, 5.41) is 12.1. The van der Waals surface area contributed by atoms with Gasteiger partial charge in [-0.3, -0.25) is 4.79 Å². The summed E-state index contributed by atoms with van der Waals surface area (Å²) in [7, 11) is 0. The van der Waals surface area contributed by atoms with E-state index in [2.05, 4.69) is 16.8 Å². The van der Waals surface area contributed by atoms with Crippen molar-refractivity contribution in [2.75, 3.05) is 5.32 Å². The van der Waals surface area contributed by atoms with Crippen LogP contribution in [0.5, 0.6) is 0 Å². The van der Waals surface area contributed by atoms with Crippen LogP contribution in [0.2, 0.25) is 0 Å². The number of carbonyl (C=O) groups is 1. The van der Waals surface area contributed by atoms with Gasteiger partial charge in [0.25, 0.3) is 5.91 Å². The zero-order chi connectivity index (χ0) is 15.6. The van der Waals surface area contributed by atoms with Gasteiger partial charge in [-0.05, 0) is 51.0 Å². The molecule has 21 heavy (non-hydrogen) atoms. The Hall–Kier alpha value is -2.07. The van der Waals surface area contributed by atoms with Crippen molar-refractivity contribution in [3.05, 3.63) is 52.3 Å². The predicted octanol–water partition coefficient (Wildman–Crippen LogP) is 3.18. The van der Waals surface area contributed by atoms with Crippen LogP contribution in [0, 0.1) is 20.8 Å². The standard InChI is InChI=1S/C17H22N2O2/c1-5-19-12(3)8-15(13(19)4)17(21)18-16-9-14(10-20)7-6-11(16)2/h6-9,20H,5,10H2,1-4H3,(H,18,21). The summed E-state index contributed by atoms with van der Waals surface area (Å²) in [6.07, 6.45) is 0. The van der Waals surface area contributed by atoms with E-state index in [1.807, 2.05) is 45.0 Å². The number of nitrogens with zero attached hydrogens (tertiary/aromatic N) is 1. The molecule has 0 aliphatic heterocycles. The Morgan fingerprint density at radius 3 is 2.52 bits per heavy atom. The van der Waals surface area contributed by atoms with Crippen LogP contribution in [0.4, 0.5) is 5.69 Å². The second-order valence-corrected chi connectivity index (χ2v) is 5.29. The number of nitrogens with one attached hydrogen (secondary N) is 1. The van der Waals surface area contributed by atoms with Crippen molar-refractivity contribution in [3.63, 3.8) is 0 Å². The Morgan fingerprint density at radius 1 is 1.24 bits per heavy atom. The van der Waals surface area contributed by atoms with Crippen LogP contribution in [-0.4, -0.2) is 15.6 Å². The van der Waals surface area contributed by atoms with Gasteiger partial charge in [0.05, 0.1) is 12.2 Å². The number of aryl methyl sites for hydroxylation is 2. The van der Waals surface area contributed by atoms with Gasteiger partial charge in [0, 0.05) is 23.6 Å². The van der Waals surface area contributed by atoms with E-state index in [9.17, 15) is 9.90 Å². The first kappa shape index (κ1) is 15.3. The predicted molar refractivity (Wildman–Crippen MR) is 84.6 cm³/mol. The summed E-state index contributed by atoms with van der Waals surface area (Å²) in [5.41, 5.74) is 5.26. The Balaban J connectivity index is 2.30. The molecule has 1 aromatic heterocycles. The highest BCUT2D eigenvalue weighted by Crippen LogP contribution is 2.20. The van der Waals surface area contributed by atoms with Gasteiger partial charge in [0.2, 0.25) is 0 Å². The lowest BCUT2D eigenvalue weighted by Gasteiger charge is -2.10. The average Bonchev–Trinajstić information content (AvgIpc) is 2.75. The molecule has 2 rings (SSSR count). The normalized spacial score (nSPS) is 10.7. The van der Waals surface area contributed by atoms with Crippen molar-refractivity contribution in [1.29, 1.82) is 0 Å². The minimum Gasteiger partial charge on any atom is -0.392 e. The van der Waals surface area contributed by atoms with Crippen LogP contribution in [0.3, 0.4) is 0 Å². The fraction of sp³-hybridized carbons (Fsp3) is 0.353. The number of anilines is 1. The second kappa shape index (κ2) is 6.14. The van der Waals surface area contributed by atoms with E-state index in [0.717, 1.165) is 34.7 Å². The molecular formula is C17H22N2O2. The first-order chi connectivity index (χ1) is 9.97. The number of amides is 1. The molecule has 1 aromatic carbocycles. The molecule has 0 aliphatic rings. The SMILES string of the molecule is CCn1c(C)cc(C(=O)Nc2cc(CO)ccc2C)c1C. The smallest absolute Gasteiger partial charge is 0.257 e. The lowest BCUT2D eigenvalue weighted by atomic mass is 10.1. The molecule has 2 N–H and O–H groups in total. The van der Waals surface area contributed by atoms with Gasteiger partial charge < -0.3 is 15.0 Å². The van der Waals surface area contributed by atoms with Crippen molar-refractivity contribution in [2.24, 2.45) is 0 Å². The highest BCUT2D eigenvalue weighted by atomic mass is 16.3. The Morgan fingerprint density at radius 2 is 1.95 bits per heavy atom. The molecule has 0 spiro atoms. The molecule has 0 saturated heterocycles. The van der Waals surface area contributed by atoms with Gasteiger partial charge in [-0.2, -0.15) is 0 Å². The van der Waals surface area contributed by atoms with E-state index in [4.69, 9.17) is 0 Å². The number of aliphatic hydroxyl groups is 1. The van der Waals surface area contributed by atoms with E-state index >= 15 is 0 Å². The third-order valence-electron chi connectivity index (χ3n) is 3.87. The minimum atomic E-state index is -0.110. The highest BCUT2D eigenvalue weighted by molar-refractivity contribution is 6.05. The molecule has 0 bridgehead atoms. The zero-order valence-corrected chi connectivity index (χ0v) is 13.0. The number of benzene rings is 1. The van der Waals surface area contributed by atoms with Gasteiger partial charge in [0.1, 0.15) is 0 Å². The Bertz CT molecular complexity index is 672. The molecule has 0 atom stereocenters. The fourth-order valence-electron chi connectivity index (χ4n) is 2.61. The number of aromatic nitrogens is 1. The zero-order valence-electron chi connectivity index (χ0n) is 13.0. The summed E-state index contributed by atoms with van der Waals surface area (Å²) < 4.78 is 2.12. The fourth-order valence-corrected chi connectivity index (χ4v) is 2.61. The highest BCUT2D eigenvalue weighted by Gasteiger charge is 2.15. The molecule has 0 saturated carbocycles. The van der Waals surface area contributed by atoms with Crippen LogP contribution in [0.25, 0.3) is 0 Å². The Labute approximate surface area is 125 Å². The summed E-state index contributed by atoms with van der Waals surface area (Å²) in [6.45, 7) is 8.79. The topological polar surface area (TPSA) is 54.3 Å². The number of carbonyl (C=O) groups excluding carboxylic acids is 1. The van der Waals surface area contributed by atoms with E-state index in [0.29, 0.717) is 5.56 Å². The summed E-state index contributed by atoms with van der Waals surface area (Å²) in [5.74, 6) is -0.110. The average molecular weight is 286 g/mol. The van der Waals surface area contributed by atoms with Crippen molar-refractivity contribution in [3.8, 4) is 0 Å². The lowest BCUT2D eigenvalue weighted by Crippen LogP contribution is -2.14. The molecule has 1 heterocycles. The van der Waals surface area contributed by atoms with Crippen LogP contribution < -0.4 is 5.32 Å². The van der Waals surface area contributed by atoms with E-state index in [1.165, 1.54) is 0 Å².